The second kappa shape index (κ2) is 9.14. The minimum Gasteiger partial charge on any atom is -0.338 e. The fourth-order valence-corrected chi connectivity index (χ4v) is 5.16. The second-order valence-electron chi connectivity index (χ2n) is 8.54. The molecule has 1 saturated carbocycles. The van der Waals surface area contributed by atoms with E-state index in [0.717, 1.165) is 37.0 Å². The third-order valence-corrected chi connectivity index (χ3v) is 6.82. The molecule has 4 rings (SSSR count). The molecule has 0 radical (unpaired) electrons. The number of fused-ring (bicyclic) bond motifs is 1. The summed E-state index contributed by atoms with van der Waals surface area (Å²) in [6, 6.07) is 13.0. The first kappa shape index (κ1) is 22.6. The van der Waals surface area contributed by atoms with Gasteiger partial charge in [-0.25, -0.2) is 0 Å². The first-order valence-corrected chi connectivity index (χ1v) is 11.1. The molecule has 1 aliphatic carbocycles. The Hall–Kier alpha value is -2.54. The standard InChI is InChI=1S/C24H24ClF3N2O2/c25-20-10-9-17(13-19(20)24(26,27)28)29-22(31)18-8-4-7-16-11-12-30(23(32)21(16)18)14-15-5-2-1-3-6-15/h1-3,5-6,9-10,13,16,18,21H,4,7-8,11-12,14H2,(H,29,31)/t16?,18-,21?/m0/s1. The third-order valence-electron chi connectivity index (χ3n) is 6.49. The van der Waals surface area contributed by atoms with Gasteiger partial charge in [0.15, 0.2) is 0 Å². The zero-order valence-corrected chi connectivity index (χ0v) is 18.1. The van der Waals surface area contributed by atoms with E-state index in [1.165, 1.54) is 6.07 Å². The van der Waals surface area contributed by atoms with Crippen LogP contribution in [0.5, 0.6) is 0 Å². The highest BCUT2D eigenvalue weighted by Crippen LogP contribution is 2.42. The molecule has 2 aromatic rings. The Morgan fingerprint density at radius 2 is 1.84 bits per heavy atom. The van der Waals surface area contributed by atoms with Crippen molar-refractivity contribution in [3.63, 3.8) is 0 Å². The molecule has 4 nitrogen and oxygen atoms in total. The lowest BCUT2D eigenvalue weighted by atomic mass is 9.68. The normalized spacial score (nSPS) is 23.6. The molecule has 0 bridgehead atoms. The largest absolute Gasteiger partial charge is 0.417 e. The number of anilines is 1. The van der Waals surface area contributed by atoms with Gasteiger partial charge in [0.1, 0.15) is 0 Å². The highest BCUT2D eigenvalue weighted by molar-refractivity contribution is 6.31. The van der Waals surface area contributed by atoms with Gasteiger partial charge in [0.2, 0.25) is 11.8 Å². The zero-order chi connectivity index (χ0) is 22.9. The van der Waals surface area contributed by atoms with Crippen LogP contribution in [0.2, 0.25) is 5.02 Å². The van der Waals surface area contributed by atoms with Gasteiger partial charge in [0.05, 0.1) is 22.4 Å². The highest BCUT2D eigenvalue weighted by atomic mass is 35.5. The summed E-state index contributed by atoms with van der Waals surface area (Å²) in [5.74, 6) is -1.35. The number of hydrogen-bond acceptors (Lipinski definition) is 2. The van der Waals surface area contributed by atoms with Crippen molar-refractivity contribution in [3.05, 3.63) is 64.7 Å². The van der Waals surface area contributed by atoms with Crippen molar-refractivity contribution in [1.29, 1.82) is 0 Å². The number of halogens is 4. The van der Waals surface area contributed by atoms with Gasteiger partial charge in [-0.2, -0.15) is 13.2 Å². The van der Waals surface area contributed by atoms with E-state index >= 15 is 0 Å². The maximum absolute atomic E-state index is 13.3. The summed E-state index contributed by atoms with van der Waals surface area (Å²) in [5, 5.41) is 2.18. The number of alkyl halides is 3. The van der Waals surface area contributed by atoms with E-state index in [-0.39, 0.29) is 17.5 Å². The van der Waals surface area contributed by atoms with Crippen molar-refractivity contribution in [1.82, 2.24) is 4.90 Å². The summed E-state index contributed by atoms with van der Waals surface area (Å²) in [7, 11) is 0. The Kier molecular flexibility index (Phi) is 6.47. The minimum atomic E-state index is -4.62. The molecule has 2 aliphatic rings. The van der Waals surface area contributed by atoms with E-state index in [0.29, 0.717) is 19.5 Å². The van der Waals surface area contributed by atoms with Gasteiger partial charge < -0.3 is 10.2 Å². The molecule has 2 fully saturated rings. The van der Waals surface area contributed by atoms with Gasteiger partial charge >= 0.3 is 6.18 Å². The Morgan fingerprint density at radius 1 is 1.09 bits per heavy atom. The summed E-state index contributed by atoms with van der Waals surface area (Å²) in [4.78, 5) is 28.2. The van der Waals surface area contributed by atoms with Crippen LogP contribution in [0.25, 0.3) is 0 Å². The number of hydrogen-bond donors (Lipinski definition) is 1. The molecule has 1 N–H and O–H groups in total. The number of rotatable bonds is 4. The number of amides is 2. The summed E-state index contributed by atoms with van der Waals surface area (Å²) in [6.45, 7) is 1.14. The summed E-state index contributed by atoms with van der Waals surface area (Å²) in [5.41, 5.74) is 0.0523. The molecular formula is C24H24ClF3N2O2. The van der Waals surface area contributed by atoms with E-state index in [1.807, 2.05) is 30.3 Å². The summed E-state index contributed by atoms with van der Waals surface area (Å²) in [6.07, 6.45) is -1.55. The van der Waals surface area contributed by atoms with Crippen molar-refractivity contribution in [2.45, 2.75) is 38.4 Å². The van der Waals surface area contributed by atoms with Crippen molar-refractivity contribution >= 4 is 29.1 Å². The smallest absolute Gasteiger partial charge is 0.338 e. The van der Waals surface area contributed by atoms with E-state index < -0.39 is 34.5 Å². The number of carbonyl (C=O) groups excluding carboxylic acids is 2. The maximum Gasteiger partial charge on any atom is 0.417 e. The molecule has 170 valence electrons. The van der Waals surface area contributed by atoms with Crippen molar-refractivity contribution in [3.8, 4) is 0 Å². The fourth-order valence-electron chi connectivity index (χ4n) is 4.94. The van der Waals surface area contributed by atoms with Crippen LogP contribution < -0.4 is 5.32 Å². The van der Waals surface area contributed by atoms with Crippen LogP contribution >= 0.6 is 11.6 Å². The monoisotopic (exact) mass is 464 g/mol. The zero-order valence-electron chi connectivity index (χ0n) is 17.4. The SMILES string of the molecule is O=C(Nc1ccc(Cl)c(C(F)(F)F)c1)[C@H]1CCCC2CCN(Cc3ccccc3)C(=O)C21. The van der Waals surface area contributed by atoms with Crippen LogP contribution in [0.4, 0.5) is 18.9 Å². The summed E-state index contributed by atoms with van der Waals surface area (Å²) < 4.78 is 39.5. The highest BCUT2D eigenvalue weighted by Gasteiger charge is 2.46. The molecule has 1 saturated heterocycles. The van der Waals surface area contributed by atoms with Crippen molar-refractivity contribution < 1.29 is 22.8 Å². The van der Waals surface area contributed by atoms with Crippen LogP contribution in [-0.4, -0.2) is 23.3 Å². The van der Waals surface area contributed by atoms with Crippen LogP contribution in [0.15, 0.2) is 48.5 Å². The van der Waals surface area contributed by atoms with E-state index in [2.05, 4.69) is 5.32 Å². The number of piperidine rings is 1. The lowest BCUT2D eigenvalue weighted by Crippen LogP contribution is -2.51. The molecule has 32 heavy (non-hydrogen) atoms. The van der Waals surface area contributed by atoms with E-state index in [4.69, 9.17) is 11.6 Å². The average molecular weight is 465 g/mol. The number of likely N-dealkylation sites (tertiary alicyclic amines) is 1. The third kappa shape index (κ3) is 4.77. The fraction of sp³-hybridized carbons (Fsp3) is 0.417. The molecule has 1 heterocycles. The number of nitrogens with one attached hydrogen (secondary N) is 1. The predicted molar refractivity (Wildman–Crippen MR) is 116 cm³/mol. The molecule has 3 atom stereocenters. The van der Waals surface area contributed by atoms with Crippen molar-refractivity contribution in [2.24, 2.45) is 17.8 Å². The van der Waals surface area contributed by atoms with E-state index in [1.54, 1.807) is 4.90 Å². The van der Waals surface area contributed by atoms with Gasteiger partial charge in [0, 0.05) is 18.8 Å². The van der Waals surface area contributed by atoms with Crippen LogP contribution in [0, 0.1) is 17.8 Å². The van der Waals surface area contributed by atoms with Gasteiger partial charge in [-0.1, -0.05) is 48.4 Å². The number of nitrogens with zero attached hydrogens (tertiary/aromatic N) is 1. The predicted octanol–water partition coefficient (Wildman–Crippen LogP) is 5.76. The maximum atomic E-state index is 13.3. The Bertz CT molecular complexity index is 996. The van der Waals surface area contributed by atoms with E-state index in [9.17, 15) is 22.8 Å². The Balaban J connectivity index is 1.51. The van der Waals surface area contributed by atoms with Gasteiger partial charge in [0.25, 0.3) is 0 Å². The van der Waals surface area contributed by atoms with Gasteiger partial charge in [-0.3, -0.25) is 9.59 Å². The molecule has 2 amide bonds. The quantitative estimate of drug-likeness (QED) is 0.625. The average Bonchev–Trinajstić information content (AvgIpc) is 2.76. The topological polar surface area (TPSA) is 49.4 Å². The van der Waals surface area contributed by atoms with Gasteiger partial charge in [-0.05, 0) is 48.9 Å². The number of carbonyl (C=O) groups is 2. The molecule has 0 aromatic heterocycles. The van der Waals surface area contributed by atoms with Crippen LogP contribution in [0.1, 0.15) is 36.8 Å². The molecule has 2 aromatic carbocycles. The lowest BCUT2D eigenvalue weighted by Gasteiger charge is -2.44. The molecule has 0 spiro atoms. The molecule has 2 unspecified atom stereocenters. The summed E-state index contributed by atoms with van der Waals surface area (Å²) >= 11 is 5.68. The van der Waals surface area contributed by atoms with Crippen molar-refractivity contribution in [2.75, 3.05) is 11.9 Å². The Labute approximate surface area is 189 Å². The Morgan fingerprint density at radius 3 is 2.56 bits per heavy atom. The second-order valence-corrected chi connectivity index (χ2v) is 8.95. The number of benzene rings is 2. The van der Waals surface area contributed by atoms with Crippen LogP contribution in [-0.2, 0) is 22.3 Å². The molecule has 8 heteroatoms. The lowest BCUT2D eigenvalue weighted by molar-refractivity contribution is -0.150. The first-order chi connectivity index (χ1) is 15.2. The minimum absolute atomic E-state index is 0.0262. The van der Waals surface area contributed by atoms with Gasteiger partial charge in [-0.15, -0.1) is 0 Å². The molecular weight excluding hydrogens is 441 g/mol. The van der Waals surface area contributed by atoms with Crippen LogP contribution in [0.3, 0.4) is 0 Å². The molecule has 1 aliphatic heterocycles. The first-order valence-electron chi connectivity index (χ1n) is 10.7.